The van der Waals surface area contributed by atoms with E-state index in [9.17, 15) is 9.59 Å². The molecule has 116 valence electrons. The highest BCUT2D eigenvalue weighted by Crippen LogP contribution is 2.21. The fourth-order valence-corrected chi connectivity index (χ4v) is 3.00. The Morgan fingerprint density at radius 2 is 1.82 bits per heavy atom. The molecule has 3 rings (SSSR count). The quantitative estimate of drug-likeness (QED) is 0.932. The molecule has 1 aliphatic heterocycles. The molecule has 0 atom stereocenters. The van der Waals surface area contributed by atoms with Crippen molar-refractivity contribution >= 4 is 23.2 Å². The summed E-state index contributed by atoms with van der Waals surface area (Å²) in [5.74, 6) is -0.194. The SMILES string of the molecule is O=C(NC1CCCCC1)C1=NN(c2ccccc2)C(=O)CC1. The third-order valence-electron chi connectivity index (χ3n) is 4.24. The monoisotopic (exact) mass is 299 g/mol. The number of hydrazone groups is 1. The molecular formula is C17H21N3O2. The van der Waals surface area contributed by atoms with Crippen molar-refractivity contribution < 1.29 is 9.59 Å². The first kappa shape index (κ1) is 14.8. The van der Waals surface area contributed by atoms with E-state index < -0.39 is 0 Å². The fourth-order valence-electron chi connectivity index (χ4n) is 3.00. The minimum absolute atomic E-state index is 0.0691. The molecule has 0 radical (unpaired) electrons. The fraction of sp³-hybridized carbons (Fsp3) is 0.471. The van der Waals surface area contributed by atoms with Crippen molar-refractivity contribution in [3.63, 3.8) is 0 Å². The Morgan fingerprint density at radius 3 is 2.55 bits per heavy atom. The van der Waals surface area contributed by atoms with Crippen LogP contribution in [-0.2, 0) is 9.59 Å². The first-order valence-electron chi connectivity index (χ1n) is 8.00. The molecule has 1 heterocycles. The minimum Gasteiger partial charge on any atom is -0.348 e. The predicted octanol–water partition coefficient (Wildman–Crippen LogP) is 2.62. The summed E-state index contributed by atoms with van der Waals surface area (Å²) in [6, 6.07) is 9.50. The number of nitrogens with one attached hydrogen (secondary N) is 1. The van der Waals surface area contributed by atoms with Crippen LogP contribution in [0.15, 0.2) is 35.4 Å². The van der Waals surface area contributed by atoms with Crippen LogP contribution < -0.4 is 10.3 Å². The summed E-state index contributed by atoms with van der Waals surface area (Å²) < 4.78 is 0. The maximum atomic E-state index is 12.4. The Hall–Kier alpha value is -2.17. The van der Waals surface area contributed by atoms with Gasteiger partial charge in [-0.1, -0.05) is 37.5 Å². The van der Waals surface area contributed by atoms with Gasteiger partial charge in [0.2, 0.25) is 5.91 Å². The van der Waals surface area contributed by atoms with E-state index in [-0.39, 0.29) is 17.9 Å². The average molecular weight is 299 g/mol. The predicted molar refractivity (Wildman–Crippen MR) is 85.6 cm³/mol. The lowest BCUT2D eigenvalue weighted by Crippen LogP contribution is -2.43. The van der Waals surface area contributed by atoms with Gasteiger partial charge in [0.05, 0.1) is 5.69 Å². The molecule has 2 aliphatic rings. The molecule has 0 aromatic heterocycles. The van der Waals surface area contributed by atoms with Crippen molar-refractivity contribution in [2.24, 2.45) is 5.10 Å². The van der Waals surface area contributed by atoms with Crippen LogP contribution in [0.3, 0.4) is 0 Å². The second-order valence-corrected chi connectivity index (χ2v) is 5.90. The van der Waals surface area contributed by atoms with Gasteiger partial charge in [0.15, 0.2) is 0 Å². The number of para-hydroxylation sites is 1. The Bertz CT molecular complexity index is 577. The third kappa shape index (κ3) is 3.35. The Labute approximate surface area is 130 Å². The van der Waals surface area contributed by atoms with Crippen molar-refractivity contribution in [1.82, 2.24) is 5.32 Å². The first-order chi connectivity index (χ1) is 10.7. The molecule has 1 aromatic rings. The van der Waals surface area contributed by atoms with Crippen molar-refractivity contribution in [1.29, 1.82) is 0 Å². The van der Waals surface area contributed by atoms with Crippen LogP contribution in [-0.4, -0.2) is 23.6 Å². The lowest BCUT2D eigenvalue weighted by atomic mass is 9.95. The summed E-state index contributed by atoms with van der Waals surface area (Å²) in [6.45, 7) is 0. The van der Waals surface area contributed by atoms with E-state index in [1.54, 1.807) is 0 Å². The smallest absolute Gasteiger partial charge is 0.267 e. The lowest BCUT2D eigenvalue weighted by Gasteiger charge is -2.26. The number of hydrogen-bond donors (Lipinski definition) is 1. The lowest BCUT2D eigenvalue weighted by molar-refractivity contribution is -0.119. The standard InChI is InChI=1S/C17H21N3O2/c21-16-12-11-15(17(22)18-13-7-3-1-4-8-13)19-20(16)14-9-5-2-6-10-14/h2,5-6,9-10,13H,1,3-4,7-8,11-12H2,(H,18,22). The molecule has 0 unspecified atom stereocenters. The van der Waals surface area contributed by atoms with Gasteiger partial charge in [0.1, 0.15) is 5.71 Å². The van der Waals surface area contributed by atoms with Gasteiger partial charge in [-0.25, -0.2) is 5.01 Å². The number of carbonyl (C=O) groups excluding carboxylic acids is 2. The molecule has 1 aliphatic carbocycles. The zero-order valence-electron chi connectivity index (χ0n) is 12.6. The first-order valence-corrected chi connectivity index (χ1v) is 8.00. The number of rotatable bonds is 3. The van der Waals surface area contributed by atoms with Crippen LogP contribution >= 0.6 is 0 Å². The van der Waals surface area contributed by atoms with E-state index in [2.05, 4.69) is 10.4 Å². The van der Waals surface area contributed by atoms with Crippen LogP contribution in [0.2, 0.25) is 0 Å². The molecule has 1 fully saturated rings. The largest absolute Gasteiger partial charge is 0.348 e. The van der Waals surface area contributed by atoms with Crippen LogP contribution in [0.4, 0.5) is 5.69 Å². The van der Waals surface area contributed by atoms with Gasteiger partial charge in [0, 0.05) is 18.9 Å². The number of benzene rings is 1. The van der Waals surface area contributed by atoms with Gasteiger partial charge in [-0.15, -0.1) is 0 Å². The second-order valence-electron chi connectivity index (χ2n) is 5.90. The maximum Gasteiger partial charge on any atom is 0.267 e. The molecular weight excluding hydrogens is 278 g/mol. The molecule has 0 spiro atoms. The number of hydrogen-bond acceptors (Lipinski definition) is 3. The highest BCUT2D eigenvalue weighted by molar-refractivity contribution is 6.40. The molecule has 0 saturated heterocycles. The van der Waals surface area contributed by atoms with E-state index in [4.69, 9.17) is 0 Å². The molecule has 1 saturated carbocycles. The van der Waals surface area contributed by atoms with Crippen molar-refractivity contribution in [2.75, 3.05) is 5.01 Å². The van der Waals surface area contributed by atoms with E-state index in [0.29, 0.717) is 24.2 Å². The summed E-state index contributed by atoms with van der Waals surface area (Å²) in [4.78, 5) is 24.4. The van der Waals surface area contributed by atoms with Gasteiger partial charge in [0.25, 0.3) is 5.91 Å². The normalized spacial score (nSPS) is 19.7. The van der Waals surface area contributed by atoms with E-state index in [0.717, 1.165) is 12.8 Å². The highest BCUT2D eigenvalue weighted by atomic mass is 16.2. The number of anilines is 1. The van der Waals surface area contributed by atoms with Gasteiger partial charge >= 0.3 is 0 Å². The highest BCUT2D eigenvalue weighted by Gasteiger charge is 2.26. The summed E-state index contributed by atoms with van der Waals surface area (Å²) in [6.07, 6.45) is 6.43. The Kier molecular flexibility index (Phi) is 4.51. The van der Waals surface area contributed by atoms with E-state index >= 15 is 0 Å². The summed E-state index contributed by atoms with van der Waals surface area (Å²) in [5, 5.41) is 8.70. The molecule has 1 N–H and O–H groups in total. The number of nitrogens with zero attached hydrogens (tertiary/aromatic N) is 2. The average Bonchev–Trinajstić information content (AvgIpc) is 2.57. The van der Waals surface area contributed by atoms with E-state index in [1.165, 1.54) is 24.3 Å². The second kappa shape index (κ2) is 6.73. The van der Waals surface area contributed by atoms with Gasteiger partial charge in [-0.05, 0) is 25.0 Å². The molecule has 5 heteroatoms. The summed E-state index contributed by atoms with van der Waals surface area (Å²) in [5.41, 5.74) is 1.16. The van der Waals surface area contributed by atoms with Gasteiger partial charge < -0.3 is 5.32 Å². The van der Waals surface area contributed by atoms with Crippen molar-refractivity contribution in [3.05, 3.63) is 30.3 Å². The summed E-state index contributed by atoms with van der Waals surface area (Å²) in [7, 11) is 0. The van der Waals surface area contributed by atoms with Crippen LogP contribution in [0.1, 0.15) is 44.9 Å². The molecule has 0 bridgehead atoms. The Balaban J connectivity index is 1.72. The zero-order valence-corrected chi connectivity index (χ0v) is 12.6. The van der Waals surface area contributed by atoms with Crippen molar-refractivity contribution in [2.45, 2.75) is 51.0 Å². The molecule has 5 nitrogen and oxygen atoms in total. The van der Waals surface area contributed by atoms with Crippen molar-refractivity contribution in [3.8, 4) is 0 Å². The van der Waals surface area contributed by atoms with Gasteiger partial charge in [-0.2, -0.15) is 5.10 Å². The van der Waals surface area contributed by atoms with Crippen LogP contribution in [0, 0.1) is 0 Å². The van der Waals surface area contributed by atoms with E-state index in [1.807, 2.05) is 30.3 Å². The topological polar surface area (TPSA) is 61.8 Å². The molecule has 2 amide bonds. The third-order valence-corrected chi connectivity index (χ3v) is 4.24. The zero-order chi connectivity index (χ0) is 15.4. The van der Waals surface area contributed by atoms with Gasteiger partial charge in [-0.3, -0.25) is 9.59 Å². The Morgan fingerprint density at radius 1 is 1.09 bits per heavy atom. The number of amides is 2. The number of carbonyl (C=O) groups is 2. The molecule has 1 aromatic carbocycles. The van der Waals surface area contributed by atoms with Crippen LogP contribution in [0.5, 0.6) is 0 Å². The summed E-state index contributed by atoms with van der Waals surface area (Å²) >= 11 is 0. The molecule has 22 heavy (non-hydrogen) atoms. The van der Waals surface area contributed by atoms with Crippen LogP contribution in [0.25, 0.3) is 0 Å². The minimum atomic E-state index is -0.125. The maximum absolute atomic E-state index is 12.4.